The minimum absolute atomic E-state index is 0.0209. The first-order valence-electron chi connectivity index (χ1n) is 6.29. The van der Waals surface area contributed by atoms with Gasteiger partial charge in [0.05, 0.1) is 12.1 Å². The molecule has 2 atom stereocenters. The molecule has 98 valence electrons. The molecule has 1 aliphatic rings. The number of likely N-dealkylation sites (tertiary alicyclic amines) is 1. The molecule has 1 aromatic carbocycles. The molecule has 1 aliphatic heterocycles. The van der Waals surface area contributed by atoms with Crippen LogP contribution < -0.4 is 0 Å². The largest absolute Gasteiger partial charge is 0.391 e. The first kappa shape index (κ1) is 12.9. The monoisotopic (exact) mass is 248 g/mol. The molecule has 0 radical (unpaired) electrons. The van der Waals surface area contributed by atoms with Crippen LogP contribution in [0.5, 0.6) is 0 Å². The van der Waals surface area contributed by atoms with Gasteiger partial charge >= 0.3 is 6.03 Å². The molecule has 4 heteroatoms. The molecule has 0 saturated carbocycles. The first-order chi connectivity index (χ1) is 8.59. The SMILES string of the molecule is CN(C)C(=O)N1CC[C@@H](O)[C@@H]1Cc1ccccc1. The molecule has 2 amide bonds. The Hall–Kier alpha value is -1.55. The van der Waals surface area contributed by atoms with E-state index >= 15 is 0 Å². The van der Waals surface area contributed by atoms with Crippen LogP contribution in [0.25, 0.3) is 0 Å². The quantitative estimate of drug-likeness (QED) is 0.858. The molecule has 0 aromatic heterocycles. The molecule has 1 saturated heterocycles. The lowest BCUT2D eigenvalue weighted by Crippen LogP contribution is -2.45. The molecule has 18 heavy (non-hydrogen) atoms. The van der Waals surface area contributed by atoms with E-state index in [2.05, 4.69) is 0 Å². The van der Waals surface area contributed by atoms with Crippen molar-refractivity contribution in [1.29, 1.82) is 0 Å². The zero-order chi connectivity index (χ0) is 13.1. The average molecular weight is 248 g/mol. The summed E-state index contributed by atoms with van der Waals surface area (Å²) in [5.74, 6) is 0. The van der Waals surface area contributed by atoms with Gasteiger partial charge in [-0.05, 0) is 18.4 Å². The van der Waals surface area contributed by atoms with Crippen LogP contribution in [-0.2, 0) is 6.42 Å². The van der Waals surface area contributed by atoms with Crippen LogP contribution in [0.3, 0.4) is 0 Å². The topological polar surface area (TPSA) is 43.8 Å². The Morgan fingerprint density at radius 3 is 2.67 bits per heavy atom. The lowest BCUT2D eigenvalue weighted by molar-refractivity contribution is 0.113. The second-order valence-electron chi connectivity index (χ2n) is 4.98. The number of amides is 2. The van der Waals surface area contributed by atoms with Gasteiger partial charge in [0.2, 0.25) is 0 Å². The number of aliphatic hydroxyl groups excluding tert-OH is 1. The summed E-state index contributed by atoms with van der Waals surface area (Å²) in [6.07, 6.45) is 0.952. The summed E-state index contributed by atoms with van der Waals surface area (Å²) in [6, 6.07) is 9.86. The average Bonchev–Trinajstić information content (AvgIpc) is 2.71. The van der Waals surface area contributed by atoms with Gasteiger partial charge in [-0.3, -0.25) is 0 Å². The third-order valence-electron chi connectivity index (χ3n) is 3.43. The van der Waals surface area contributed by atoms with Gasteiger partial charge in [0.15, 0.2) is 0 Å². The highest BCUT2D eigenvalue weighted by atomic mass is 16.3. The van der Waals surface area contributed by atoms with Crippen LogP contribution in [0, 0.1) is 0 Å². The van der Waals surface area contributed by atoms with Crippen molar-refractivity contribution in [3.05, 3.63) is 35.9 Å². The standard InChI is InChI=1S/C14H20N2O2/c1-15(2)14(18)16-9-8-13(17)12(16)10-11-6-4-3-5-7-11/h3-7,12-13,17H,8-10H2,1-2H3/t12-,13+/m0/s1. The molecule has 1 N–H and O–H groups in total. The molecule has 2 rings (SSSR count). The highest BCUT2D eigenvalue weighted by Crippen LogP contribution is 2.22. The molecule has 0 aliphatic carbocycles. The highest BCUT2D eigenvalue weighted by Gasteiger charge is 2.36. The van der Waals surface area contributed by atoms with Crippen LogP contribution in [0.15, 0.2) is 30.3 Å². The van der Waals surface area contributed by atoms with Crippen LogP contribution in [-0.4, -0.2) is 53.7 Å². The number of hydrogen-bond acceptors (Lipinski definition) is 2. The number of aliphatic hydroxyl groups is 1. The predicted molar refractivity (Wildman–Crippen MR) is 70.3 cm³/mol. The number of benzene rings is 1. The lowest BCUT2D eigenvalue weighted by atomic mass is 10.0. The Balaban J connectivity index is 2.11. The molecule has 0 bridgehead atoms. The van der Waals surface area contributed by atoms with E-state index in [0.29, 0.717) is 19.4 Å². The van der Waals surface area contributed by atoms with E-state index in [1.807, 2.05) is 30.3 Å². The minimum atomic E-state index is -0.422. The van der Waals surface area contributed by atoms with Crippen LogP contribution >= 0.6 is 0 Å². The van der Waals surface area contributed by atoms with Crippen molar-refractivity contribution < 1.29 is 9.90 Å². The molecule has 4 nitrogen and oxygen atoms in total. The zero-order valence-electron chi connectivity index (χ0n) is 10.9. The highest BCUT2D eigenvalue weighted by molar-refractivity contribution is 5.74. The van der Waals surface area contributed by atoms with E-state index in [9.17, 15) is 9.90 Å². The van der Waals surface area contributed by atoms with Gasteiger partial charge in [-0.25, -0.2) is 4.79 Å². The van der Waals surface area contributed by atoms with Gasteiger partial charge in [0.1, 0.15) is 0 Å². The van der Waals surface area contributed by atoms with E-state index in [4.69, 9.17) is 0 Å². The number of carbonyl (C=O) groups excluding carboxylic acids is 1. The Kier molecular flexibility index (Phi) is 3.87. The fourth-order valence-corrected chi connectivity index (χ4v) is 2.43. The Morgan fingerprint density at radius 2 is 2.06 bits per heavy atom. The predicted octanol–water partition coefficient (Wildman–Crippen LogP) is 1.35. The van der Waals surface area contributed by atoms with Crippen LogP contribution in [0.1, 0.15) is 12.0 Å². The first-order valence-corrected chi connectivity index (χ1v) is 6.29. The number of nitrogens with zero attached hydrogens (tertiary/aromatic N) is 2. The van der Waals surface area contributed by atoms with Gasteiger partial charge in [-0.1, -0.05) is 30.3 Å². The maximum absolute atomic E-state index is 12.0. The smallest absolute Gasteiger partial charge is 0.319 e. The maximum Gasteiger partial charge on any atom is 0.319 e. The number of carbonyl (C=O) groups is 1. The van der Waals surface area contributed by atoms with Crippen molar-refractivity contribution in [3.63, 3.8) is 0 Å². The summed E-state index contributed by atoms with van der Waals surface area (Å²) < 4.78 is 0. The van der Waals surface area contributed by atoms with Crippen molar-refractivity contribution in [1.82, 2.24) is 9.80 Å². The summed E-state index contributed by atoms with van der Waals surface area (Å²) >= 11 is 0. The van der Waals surface area contributed by atoms with Gasteiger partial charge in [-0.2, -0.15) is 0 Å². The molecule has 0 unspecified atom stereocenters. The summed E-state index contributed by atoms with van der Waals surface area (Å²) in [5, 5.41) is 10.0. The van der Waals surface area contributed by atoms with Crippen molar-refractivity contribution >= 4 is 6.03 Å². The zero-order valence-corrected chi connectivity index (χ0v) is 10.9. The third-order valence-corrected chi connectivity index (χ3v) is 3.43. The fourth-order valence-electron chi connectivity index (χ4n) is 2.43. The Labute approximate surface area is 108 Å². The number of rotatable bonds is 2. The Bertz CT molecular complexity index is 406. The molecular formula is C14H20N2O2. The lowest BCUT2D eigenvalue weighted by Gasteiger charge is -2.29. The van der Waals surface area contributed by atoms with E-state index in [0.717, 1.165) is 5.56 Å². The van der Waals surface area contributed by atoms with Crippen molar-refractivity contribution in [3.8, 4) is 0 Å². The summed E-state index contributed by atoms with van der Waals surface area (Å²) in [5.41, 5.74) is 1.15. The van der Waals surface area contributed by atoms with Crippen molar-refractivity contribution in [2.24, 2.45) is 0 Å². The normalized spacial score (nSPS) is 23.2. The van der Waals surface area contributed by atoms with Crippen LogP contribution in [0.2, 0.25) is 0 Å². The van der Waals surface area contributed by atoms with Gasteiger partial charge in [0, 0.05) is 20.6 Å². The molecule has 1 fully saturated rings. The third kappa shape index (κ3) is 2.64. The molecule has 1 heterocycles. The summed E-state index contributed by atoms with van der Waals surface area (Å²) in [6.45, 7) is 0.635. The fraction of sp³-hybridized carbons (Fsp3) is 0.500. The summed E-state index contributed by atoms with van der Waals surface area (Å²) in [4.78, 5) is 15.4. The second kappa shape index (κ2) is 5.40. The van der Waals surface area contributed by atoms with Gasteiger partial charge < -0.3 is 14.9 Å². The van der Waals surface area contributed by atoms with Crippen molar-refractivity contribution in [2.45, 2.75) is 25.0 Å². The van der Waals surface area contributed by atoms with E-state index in [1.165, 1.54) is 0 Å². The van der Waals surface area contributed by atoms with Crippen LogP contribution in [0.4, 0.5) is 4.79 Å². The number of urea groups is 1. The second-order valence-corrected chi connectivity index (χ2v) is 4.98. The maximum atomic E-state index is 12.0. The minimum Gasteiger partial charge on any atom is -0.391 e. The van der Waals surface area contributed by atoms with E-state index < -0.39 is 6.10 Å². The van der Waals surface area contributed by atoms with E-state index in [1.54, 1.807) is 23.9 Å². The molecule has 1 aromatic rings. The summed E-state index contributed by atoms with van der Waals surface area (Å²) in [7, 11) is 3.49. The van der Waals surface area contributed by atoms with Gasteiger partial charge in [0.25, 0.3) is 0 Å². The molecular weight excluding hydrogens is 228 g/mol. The van der Waals surface area contributed by atoms with Crippen molar-refractivity contribution in [2.75, 3.05) is 20.6 Å². The molecule has 0 spiro atoms. The van der Waals surface area contributed by atoms with Gasteiger partial charge in [-0.15, -0.1) is 0 Å². The van der Waals surface area contributed by atoms with E-state index in [-0.39, 0.29) is 12.1 Å². The Morgan fingerprint density at radius 1 is 1.39 bits per heavy atom. The number of hydrogen-bond donors (Lipinski definition) is 1.